The lowest BCUT2D eigenvalue weighted by atomic mass is 10.2. The van der Waals surface area contributed by atoms with Gasteiger partial charge in [0.25, 0.3) is 5.22 Å². The van der Waals surface area contributed by atoms with E-state index in [9.17, 15) is 30.4 Å². The average Bonchev–Trinajstić information content (AvgIpc) is 3.26. The molecule has 2 aromatic carbocycles. The van der Waals surface area contributed by atoms with Gasteiger partial charge in [-0.1, -0.05) is 31.7 Å². The molecule has 0 aliphatic heterocycles. The summed E-state index contributed by atoms with van der Waals surface area (Å²) in [5, 5.41) is 7.22. The molecule has 0 saturated heterocycles. The third-order valence-corrected chi connectivity index (χ3v) is 7.36. The summed E-state index contributed by atoms with van der Waals surface area (Å²) >= 11 is 0.560. The largest absolute Gasteiger partial charge is 0.411 e. The van der Waals surface area contributed by atoms with Crippen LogP contribution in [-0.2, 0) is 15.8 Å². The molecule has 32 heavy (non-hydrogen) atoms. The zero-order valence-corrected chi connectivity index (χ0v) is 18.3. The first-order chi connectivity index (χ1) is 15.1. The molecule has 1 aromatic heterocycles. The zero-order valence-electron chi connectivity index (χ0n) is 16.7. The van der Waals surface area contributed by atoms with Crippen molar-refractivity contribution in [3.05, 3.63) is 58.9 Å². The highest BCUT2D eigenvalue weighted by molar-refractivity contribution is 7.98. The second-order valence-corrected chi connectivity index (χ2v) is 9.19. The molecule has 0 fully saturated rings. The van der Waals surface area contributed by atoms with Crippen molar-refractivity contribution in [3.63, 3.8) is 0 Å². The van der Waals surface area contributed by atoms with E-state index in [1.807, 2.05) is 0 Å². The fourth-order valence-electron chi connectivity index (χ4n) is 2.80. The van der Waals surface area contributed by atoms with Crippen LogP contribution >= 0.6 is 11.8 Å². The molecule has 1 heterocycles. The van der Waals surface area contributed by atoms with Gasteiger partial charge in [0.1, 0.15) is 0 Å². The van der Waals surface area contributed by atoms with E-state index >= 15 is 0 Å². The summed E-state index contributed by atoms with van der Waals surface area (Å²) in [5.41, 5.74) is -0.757. The minimum absolute atomic E-state index is 0.00695. The van der Waals surface area contributed by atoms with Gasteiger partial charge in [-0.05, 0) is 18.2 Å². The van der Waals surface area contributed by atoms with Crippen LogP contribution in [0, 0.1) is 29.1 Å². The van der Waals surface area contributed by atoms with Crippen LogP contribution in [0.15, 0.2) is 38.8 Å². The number of benzene rings is 2. The van der Waals surface area contributed by atoms with Crippen molar-refractivity contribution in [1.29, 1.82) is 0 Å². The summed E-state index contributed by atoms with van der Waals surface area (Å²) in [7, 11) is -3.74. The van der Waals surface area contributed by atoms with E-state index in [0.29, 0.717) is 11.8 Å². The lowest BCUT2D eigenvalue weighted by Crippen LogP contribution is -2.30. The maximum absolute atomic E-state index is 13.8. The molecule has 0 aliphatic carbocycles. The normalized spacial score (nSPS) is 12.0. The van der Waals surface area contributed by atoms with Gasteiger partial charge in [0.15, 0.2) is 23.3 Å². The summed E-state index contributed by atoms with van der Waals surface area (Å²) in [6.45, 7) is 3.97. The van der Waals surface area contributed by atoms with E-state index in [0.717, 1.165) is 0 Å². The van der Waals surface area contributed by atoms with Crippen molar-refractivity contribution < 1.29 is 34.8 Å². The maximum atomic E-state index is 13.8. The third-order valence-electron chi connectivity index (χ3n) is 4.47. The van der Waals surface area contributed by atoms with Gasteiger partial charge in [-0.3, -0.25) is 0 Å². The molecule has 0 bridgehead atoms. The Kier molecular flexibility index (Phi) is 7.20. The zero-order chi connectivity index (χ0) is 23.6. The minimum atomic E-state index is -3.74. The predicted molar refractivity (Wildman–Crippen MR) is 106 cm³/mol. The fraction of sp³-hybridized carbons (Fsp3) is 0.263. The number of thioether (sulfide) groups is 1. The van der Waals surface area contributed by atoms with Gasteiger partial charge >= 0.3 is 0 Å². The van der Waals surface area contributed by atoms with Crippen LogP contribution in [0.25, 0.3) is 11.5 Å². The third kappa shape index (κ3) is 4.50. The number of aromatic nitrogens is 2. The van der Waals surface area contributed by atoms with Crippen LogP contribution in [-0.4, -0.2) is 36.0 Å². The maximum Gasteiger partial charge on any atom is 0.277 e. The highest BCUT2D eigenvalue weighted by atomic mass is 32.2. The highest BCUT2D eigenvalue weighted by Gasteiger charge is 2.26. The molecular weight excluding hydrogens is 477 g/mol. The number of sulfonamides is 1. The molecule has 3 rings (SSSR count). The van der Waals surface area contributed by atoms with Crippen molar-refractivity contribution in [3.8, 4) is 11.5 Å². The first-order valence-electron chi connectivity index (χ1n) is 9.18. The van der Waals surface area contributed by atoms with Gasteiger partial charge < -0.3 is 4.42 Å². The van der Waals surface area contributed by atoms with Gasteiger partial charge in [-0.15, -0.1) is 10.2 Å². The molecule has 13 heteroatoms. The summed E-state index contributed by atoms with van der Waals surface area (Å²) in [5.74, 6) is -11.0. The van der Waals surface area contributed by atoms with Crippen molar-refractivity contribution >= 4 is 21.8 Å². The van der Waals surface area contributed by atoms with Gasteiger partial charge in [-0.25, -0.2) is 30.4 Å². The molecule has 0 atom stereocenters. The first-order valence-corrected chi connectivity index (χ1v) is 11.6. The van der Waals surface area contributed by atoms with E-state index in [2.05, 4.69) is 10.2 Å². The quantitative estimate of drug-likeness (QED) is 0.195. The number of hydrogen-bond acceptors (Lipinski definition) is 6. The number of hydrogen-bond donors (Lipinski definition) is 0. The predicted octanol–water partition coefficient (Wildman–Crippen LogP) is 4.75. The Morgan fingerprint density at radius 2 is 1.53 bits per heavy atom. The average molecular weight is 493 g/mol. The minimum Gasteiger partial charge on any atom is -0.411 e. The smallest absolute Gasteiger partial charge is 0.277 e. The molecule has 3 aromatic rings. The molecule has 0 radical (unpaired) electrons. The number of halogens is 5. The van der Waals surface area contributed by atoms with E-state index in [1.54, 1.807) is 13.8 Å². The second kappa shape index (κ2) is 9.55. The lowest BCUT2D eigenvalue weighted by Gasteiger charge is -2.18. The Morgan fingerprint density at radius 3 is 2.12 bits per heavy atom. The van der Waals surface area contributed by atoms with Gasteiger partial charge in [0.2, 0.25) is 21.7 Å². The topological polar surface area (TPSA) is 76.3 Å². The van der Waals surface area contributed by atoms with Crippen molar-refractivity contribution in [2.24, 2.45) is 0 Å². The van der Waals surface area contributed by atoms with Gasteiger partial charge in [-0.2, -0.15) is 4.31 Å². The highest BCUT2D eigenvalue weighted by Crippen LogP contribution is 2.31. The van der Waals surface area contributed by atoms with Crippen LogP contribution in [0.5, 0.6) is 0 Å². The van der Waals surface area contributed by atoms with Crippen molar-refractivity contribution in [2.75, 3.05) is 13.1 Å². The van der Waals surface area contributed by atoms with E-state index in [-0.39, 0.29) is 34.7 Å². The summed E-state index contributed by atoms with van der Waals surface area (Å²) in [4.78, 5) is 0.00695. The Morgan fingerprint density at radius 1 is 0.938 bits per heavy atom. The van der Waals surface area contributed by atoms with Crippen LogP contribution in [0.1, 0.15) is 19.4 Å². The molecule has 0 unspecified atom stereocenters. The molecule has 0 amide bonds. The van der Waals surface area contributed by atoms with Gasteiger partial charge in [0.05, 0.1) is 4.90 Å². The Hall–Kier alpha value is -2.51. The monoisotopic (exact) mass is 493 g/mol. The standard InChI is InChI=1S/C19H16F5N3O3S2/c1-3-27(4-2)32(28,29)11-7-5-6-10(8-11)18-25-26-19(30-18)31-9-12-13(20)15(22)17(24)16(23)14(12)21/h5-8H,3-4,9H2,1-2H3. The summed E-state index contributed by atoms with van der Waals surface area (Å²) < 4.78 is 99.4. The van der Waals surface area contributed by atoms with Crippen molar-refractivity contribution in [2.45, 2.75) is 29.7 Å². The summed E-state index contributed by atoms with van der Waals surface area (Å²) in [6.07, 6.45) is 0. The molecule has 6 nitrogen and oxygen atoms in total. The van der Waals surface area contributed by atoms with E-state index in [1.165, 1.54) is 28.6 Å². The van der Waals surface area contributed by atoms with Crippen LogP contribution < -0.4 is 0 Å². The SMILES string of the molecule is CCN(CC)S(=O)(=O)c1cccc(-c2nnc(SCc3c(F)c(F)c(F)c(F)c3F)o2)c1. The Labute approximate surface area is 184 Å². The lowest BCUT2D eigenvalue weighted by molar-refractivity contribution is 0.372. The molecule has 0 spiro atoms. The molecule has 172 valence electrons. The van der Waals surface area contributed by atoms with E-state index in [4.69, 9.17) is 4.42 Å². The van der Waals surface area contributed by atoms with Crippen LogP contribution in [0.3, 0.4) is 0 Å². The first kappa shape index (κ1) is 24.1. The Bertz CT molecular complexity index is 1220. The van der Waals surface area contributed by atoms with Crippen molar-refractivity contribution in [1.82, 2.24) is 14.5 Å². The fourth-order valence-corrected chi connectivity index (χ4v) is 5.06. The molecule has 0 saturated carbocycles. The number of rotatable bonds is 8. The number of nitrogens with zero attached hydrogens (tertiary/aromatic N) is 3. The Balaban J connectivity index is 1.84. The molecule has 0 N–H and O–H groups in total. The molecular formula is C19H16F5N3O3S2. The second-order valence-electron chi connectivity index (χ2n) is 6.33. The van der Waals surface area contributed by atoms with E-state index < -0.39 is 50.4 Å². The van der Waals surface area contributed by atoms with Crippen LogP contribution in [0.4, 0.5) is 22.0 Å². The summed E-state index contributed by atoms with van der Waals surface area (Å²) in [6, 6.07) is 5.75. The molecule has 0 aliphatic rings. The van der Waals surface area contributed by atoms with Crippen LogP contribution in [0.2, 0.25) is 0 Å². The van der Waals surface area contributed by atoms with Gasteiger partial charge in [0, 0.05) is 30.0 Å².